The van der Waals surface area contributed by atoms with Crippen LogP contribution >= 0.6 is 0 Å². The summed E-state index contributed by atoms with van der Waals surface area (Å²) in [6.45, 7) is -0.534. The number of hydrogen-bond acceptors (Lipinski definition) is 3. The van der Waals surface area contributed by atoms with Crippen LogP contribution in [-0.4, -0.2) is 35.0 Å². The van der Waals surface area contributed by atoms with E-state index >= 15 is 0 Å². The van der Waals surface area contributed by atoms with Gasteiger partial charge in [0.05, 0.1) is 18.2 Å². The first-order valence-corrected chi connectivity index (χ1v) is 5.03. The third-order valence-corrected chi connectivity index (χ3v) is 2.16. The summed E-state index contributed by atoms with van der Waals surface area (Å²) in [5.41, 5.74) is 0.721. The maximum absolute atomic E-state index is 12.0. The third-order valence-electron chi connectivity index (χ3n) is 2.16. The van der Waals surface area contributed by atoms with Crippen molar-refractivity contribution in [3.63, 3.8) is 0 Å². The van der Waals surface area contributed by atoms with Gasteiger partial charge in [-0.2, -0.15) is 5.26 Å². The van der Waals surface area contributed by atoms with Gasteiger partial charge in [-0.05, 0) is 24.3 Å². The normalized spacial score (nSPS) is 9.00. The van der Waals surface area contributed by atoms with Gasteiger partial charge in [-0.1, -0.05) is 5.92 Å². The molecule has 90 valence electrons. The Bertz CT molecular complexity index is 535. The minimum atomic E-state index is -1.13. The van der Waals surface area contributed by atoms with Crippen LogP contribution in [0.4, 0.5) is 0 Å². The Hall–Kier alpha value is -2.79. The molecule has 0 saturated heterocycles. The molecule has 0 aliphatic rings. The van der Waals surface area contributed by atoms with Gasteiger partial charge in [0.2, 0.25) is 0 Å². The lowest BCUT2D eigenvalue weighted by atomic mass is 10.1. The molecule has 1 amide bonds. The number of carbonyl (C=O) groups is 2. The molecular formula is C13H10N2O3. The Kier molecular flexibility index (Phi) is 4.48. The Labute approximate surface area is 104 Å². The molecule has 0 heterocycles. The molecule has 5 nitrogen and oxygen atoms in total. The molecule has 0 fully saturated rings. The number of nitriles is 1. The molecule has 1 N–H and O–H groups in total. The maximum atomic E-state index is 12.0. The smallest absolute Gasteiger partial charge is 0.323 e. The molecule has 0 bridgehead atoms. The van der Waals surface area contributed by atoms with Crippen molar-refractivity contribution >= 4 is 11.9 Å². The van der Waals surface area contributed by atoms with E-state index in [9.17, 15) is 9.59 Å². The predicted molar refractivity (Wildman–Crippen MR) is 63.5 cm³/mol. The average molecular weight is 242 g/mol. The van der Waals surface area contributed by atoms with Crippen molar-refractivity contribution in [1.29, 1.82) is 5.26 Å². The van der Waals surface area contributed by atoms with Gasteiger partial charge in [0.1, 0.15) is 6.54 Å². The van der Waals surface area contributed by atoms with E-state index in [-0.39, 0.29) is 6.54 Å². The van der Waals surface area contributed by atoms with Gasteiger partial charge in [-0.15, -0.1) is 6.42 Å². The van der Waals surface area contributed by atoms with E-state index in [1.54, 1.807) is 0 Å². The number of amides is 1. The molecule has 0 aromatic heterocycles. The van der Waals surface area contributed by atoms with Crippen LogP contribution in [0.3, 0.4) is 0 Å². The SMILES string of the molecule is C#CCN(CC(=O)O)C(=O)c1ccc(C#N)cc1. The van der Waals surface area contributed by atoms with E-state index in [1.807, 2.05) is 6.07 Å². The summed E-state index contributed by atoms with van der Waals surface area (Å²) in [6.07, 6.45) is 5.09. The van der Waals surface area contributed by atoms with E-state index < -0.39 is 18.4 Å². The molecule has 18 heavy (non-hydrogen) atoms. The summed E-state index contributed by atoms with van der Waals surface area (Å²) < 4.78 is 0. The van der Waals surface area contributed by atoms with Gasteiger partial charge in [0.15, 0.2) is 0 Å². The maximum Gasteiger partial charge on any atom is 0.323 e. The van der Waals surface area contributed by atoms with E-state index in [1.165, 1.54) is 24.3 Å². The van der Waals surface area contributed by atoms with E-state index in [0.29, 0.717) is 11.1 Å². The molecule has 0 radical (unpaired) electrons. The number of rotatable bonds is 4. The second-order valence-electron chi connectivity index (χ2n) is 3.45. The highest BCUT2D eigenvalue weighted by Crippen LogP contribution is 2.07. The summed E-state index contributed by atoms with van der Waals surface area (Å²) in [6, 6.07) is 7.83. The minimum Gasteiger partial charge on any atom is -0.480 e. The van der Waals surface area contributed by atoms with Crippen LogP contribution < -0.4 is 0 Å². The van der Waals surface area contributed by atoms with Crippen LogP contribution in [-0.2, 0) is 4.79 Å². The number of carbonyl (C=O) groups excluding carboxylic acids is 1. The summed E-state index contributed by atoms with van der Waals surface area (Å²) in [5, 5.41) is 17.3. The first kappa shape index (κ1) is 13.3. The fourth-order valence-electron chi connectivity index (χ4n) is 1.34. The number of aliphatic carboxylic acids is 1. The zero-order valence-corrected chi connectivity index (χ0v) is 9.46. The quantitative estimate of drug-likeness (QED) is 0.789. The zero-order chi connectivity index (χ0) is 13.5. The lowest BCUT2D eigenvalue weighted by Crippen LogP contribution is -2.35. The second-order valence-corrected chi connectivity index (χ2v) is 3.45. The number of terminal acetylenes is 1. The fraction of sp³-hybridized carbons (Fsp3) is 0.154. The molecule has 0 unspecified atom stereocenters. The Balaban J connectivity index is 2.91. The third kappa shape index (κ3) is 3.36. The highest BCUT2D eigenvalue weighted by atomic mass is 16.4. The van der Waals surface area contributed by atoms with Gasteiger partial charge < -0.3 is 10.0 Å². The molecular weight excluding hydrogens is 232 g/mol. The standard InChI is InChI=1S/C13H10N2O3/c1-2-7-15(9-12(16)17)13(18)11-5-3-10(8-14)4-6-11/h1,3-6H,7,9H2,(H,16,17). The van der Waals surface area contributed by atoms with Crippen molar-refractivity contribution in [2.45, 2.75) is 0 Å². The van der Waals surface area contributed by atoms with Crippen LogP contribution in [0.2, 0.25) is 0 Å². The molecule has 0 atom stereocenters. The van der Waals surface area contributed by atoms with Crippen molar-refractivity contribution in [3.8, 4) is 18.4 Å². The lowest BCUT2D eigenvalue weighted by molar-refractivity contribution is -0.137. The fourth-order valence-corrected chi connectivity index (χ4v) is 1.34. The van der Waals surface area contributed by atoms with Crippen molar-refractivity contribution in [2.75, 3.05) is 13.1 Å². The van der Waals surface area contributed by atoms with Gasteiger partial charge in [0.25, 0.3) is 5.91 Å². The monoisotopic (exact) mass is 242 g/mol. The van der Waals surface area contributed by atoms with E-state index in [0.717, 1.165) is 4.90 Å². The summed E-state index contributed by atoms with van der Waals surface area (Å²) in [5.74, 6) is 0.631. The second kappa shape index (κ2) is 6.07. The number of hydrogen-bond donors (Lipinski definition) is 1. The van der Waals surface area contributed by atoms with Crippen LogP contribution in [0.25, 0.3) is 0 Å². The summed E-state index contributed by atoms with van der Waals surface area (Å²) in [7, 11) is 0. The highest BCUT2D eigenvalue weighted by Gasteiger charge is 2.17. The molecule has 1 aromatic rings. The molecule has 5 heteroatoms. The number of carboxylic acid groups (broad SMARTS) is 1. The molecule has 0 aliphatic carbocycles. The van der Waals surface area contributed by atoms with Crippen molar-refractivity contribution in [2.24, 2.45) is 0 Å². The molecule has 0 saturated carbocycles. The van der Waals surface area contributed by atoms with E-state index in [4.69, 9.17) is 16.8 Å². The Morgan fingerprint density at radius 3 is 2.39 bits per heavy atom. The lowest BCUT2D eigenvalue weighted by Gasteiger charge is -2.17. The summed E-state index contributed by atoms with van der Waals surface area (Å²) >= 11 is 0. The average Bonchev–Trinajstić information content (AvgIpc) is 2.37. The van der Waals surface area contributed by atoms with Gasteiger partial charge in [0, 0.05) is 5.56 Å². The van der Waals surface area contributed by atoms with Crippen LogP contribution in [0.15, 0.2) is 24.3 Å². The number of benzene rings is 1. The Morgan fingerprint density at radius 1 is 1.33 bits per heavy atom. The molecule has 1 rings (SSSR count). The molecule has 0 spiro atoms. The largest absolute Gasteiger partial charge is 0.480 e. The minimum absolute atomic E-state index is 0.0782. The van der Waals surface area contributed by atoms with Crippen molar-refractivity contribution < 1.29 is 14.7 Å². The number of carboxylic acids is 1. The zero-order valence-electron chi connectivity index (χ0n) is 9.46. The molecule has 1 aromatic carbocycles. The number of nitrogens with zero attached hydrogens (tertiary/aromatic N) is 2. The van der Waals surface area contributed by atoms with Crippen LogP contribution in [0.5, 0.6) is 0 Å². The van der Waals surface area contributed by atoms with Crippen LogP contribution in [0.1, 0.15) is 15.9 Å². The topological polar surface area (TPSA) is 81.4 Å². The highest BCUT2D eigenvalue weighted by molar-refractivity contribution is 5.96. The molecule has 0 aliphatic heterocycles. The van der Waals surface area contributed by atoms with Crippen molar-refractivity contribution in [1.82, 2.24) is 4.90 Å². The first-order chi connectivity index (χ1) is 8.58. The van der Waals surface area contributed by atoms with Crippen LogP contribution in [0, 0.1) is 23.7 Å². The predicted octanol–water partition coefficient (Wildman–Crippen LogP) is 0.718. The van der Waals surface area contributed by atoms with Crippen molar-refractivity contribution in [3.05, 3.63) is 35.4 Å². The van der Waals surface area contributed by atoms with Gasteiger partial charge in [-0.25, -0.2) is 0 Å². The summed E-state index contributed by atoms with van der Waals surface area (Å²) in [4.78, 5) is 23.6. The first-order valence-electron chi connectivity index (χ1n) is 5.03. The van der Waals surface area contributed by atoms with Gasteiger partial charge in [-0.3, -0.25) is 9.59 Å². The van der Waals surface area contributed by atoms with Gasteiger partial charge >= 0.3 is 5.97 Å². The Morgan fingerprint density at radius 2 is 1.94 bits per heavy atom. The van der Waals surface area contributed by atoms with E-state index in [2.05, 4.69) is 5.92 Å².